The minimum absolute atomic E-state index is 0.0805. The van der Waals surface area contributed by atoms with E-state index in [9.17, 15) is 18.0 Å². The third-order valence-corrected chi connectivity index (χ3v) is 5.86. The number of nitrogens with zero attached hydrogens (tertiary/aromatic N) is 1. The number of carbonyl (C=O) groups is 2. The van der Waals surface area contributed by atoms with Gasteiger partial charge in [-0.1, -0.05) is 12.1 Å². The fourth-order valence-corrected chi connectivity index (χ4v) is 3.80. The largest absolute Gasteiger partial charge is 0.496 e. The standard InChI is InChI=1S/C19H23N3O5S/c1-13-10-16(8-9-17(13)27-3)28(25,26)22(2)12-19(24)21-15-6-4-14(5-7-15)11-18(20)23/h4-10H,11-12H2,1-3H3,(H2,20,23)(H,21,24). The molecule has 8 nitrogen and oxygen atoms in total. The van der Waals surface area contributed by atoms with Crippen molar-refractivity contribution in [3.05, 3.63) is 53.6 Å². The number of aryl methyl sites for hydroxylation is 1. The second-order valence-electron chi connectivity index (χ2n) is 6.28. The van der Waals surface area contributed by atoms with Crippen molar-refractivity contribution in [3.8, 4) is 5.75 Å². The number of nitrogens with one attached hydrogen (secondary N) is 1. The van der Waals surface area contributed by atoms with E-state index < -0.39 is 21.8 Å². The van der Waals surface area contributed by atoms with E-state index in [1.165, 1.54) is 26.3 Å². The number of methoxy groups -OCH3 is 1. The summed E-state index contributed by atoms with van der Waals surface area (Å²) in [4.78, 5) is 23.2. The summed E-state index contributed by atoms with van der Waals surface area (Å²) in [6.45, 7) is 1.39. The van der Waals surface area contributed by atoms with E-state index in [1.807, 2.05) is 0 Å². The van der Waals surface area contributed by atoms with Gasteiger partial charge in [0.2, 0.25) is 21.8 Å². The summed E-state index contributed by atoms with van der Waals surface area (Å²) in [5.41, 5.74) is 7.02. The van der Waals surface area contributed by atoms with E-state index in [1.54, 1.807) is 37.3 Å². The minimum atomic E-state index is -3.83. The molecule has 0 unspecified atom stereocenters. The Bertz CT molecular complexity index is 972. The zero-order valence-corrected chi connectivity index (χ0v) is 16.7. The molecule has 2 rings (SSSR count). The van der Waals surface area contributed by atoms with E-state index >= 15 is 0 Å². The monoisotopic (exact) mass is 405 g/mol. The fraction of sp³-hybridized carbons (Fsp3) is 0.263. The molecular formula is C19H23N3O5S. The van der Waals surface area contributed by atoms with Crippen LogP contribution in [0, 0.1) is 6.92 Å². The van der Waals surface area contributed by atoms with Gasteiger partial charge in [0, 0.05) is 12.7 Å². The Kier molecular flexibility index (Phi) is 6.76. The summed E-state index contributed by atoms with van der Waals surface area (Å²) in [6.07, 6.45) is 0.108. The lowest BCUT2D eigenvalue weighted by Crippen LogP contribution is -2.35. The van der Waals surface area contributed by atoms with Crippen LogP contribution in [0.25, 0.3) is 0 Å². The van der Waals surface area contributed by atoms with Crippen LogP contribution in [0.1, 0.15) is 11.1 Å². The van der Waals surface area contributed by atoms with Crippen molar-refractivity contribution >= 4 is 27.5 Å². The number of benzene rings is 2. The van der Waals surface area contributed by atoms with Crippen LogP contribution < -0.4 is 15.8 Å². The summed E-state index contributed by atoms with van der Waals surface area (Å²) < 4.78 is 31.5. The minimum Gasteiger partial charge on any atom is -0.496 e. The maximum Gasteiger partial charge on any atom is 0.243 e. The number of likely N-dealkylation sites (N-methyl/N-ethyl adjacent to an activating group) is 1. The van der Waals surface area contributed by atoms with Crippen LogP contribution in [0.2, 0.25) is 0 Å². The molecule has 0 aliphatic carbocycles. The zero-order valence-electron chi connectivity index (χ0n) is 15.9. The average Bonchev–Trinajstić information content (AvgIpc) is 2.62. The highest BCUT2D eigenvalue weighted by molar-refractivity contribution is 7.89. The topological polar surface area (TPSA) is 119 Å². The summed E-state index contributed by atoms with van der Waals surface area (Å²) in [5.74, 6) is -0.351. The highest BCUT2D eigenvalue weighted by Crippen LogP contribution is 2.23. The molecule has 2 aromatic rings. The molecule has 0 saturated heterocycles. The lowest BCUT2D eigenvalue weighted by Gasteiger charge is -2.18. The van der Waals surface area contributed by atoms with Crippen LogP contribution in [0.3, 0.4) is 0 Å². The normalized spacial score (nSPS) is 11.3. The van der Waals surface area contributed by atoms with E-state index in [4.69, 9.17) is 10.5 Å². The predicted molar refractivity (Wildman–Crippen MR) is 106 cm³/mol. The van der Waals surface area contributed by atoms with Gasteiger partial charge in [0.15, 0.2) is 0 Å². The van der Waals surface area contributed by atoms with Crippen LogP contribution in [0.15, 0.2) is 47.4 Å². The van der Waals surface area contributed by atoms with Crippen LogP contribution in [-0.2, 0) is 26.0 Å². The molecule has 0 bridgehead atoms. The number of ether oxygens (including phenoxy) is 1. The second kappa shape index (κ2) is 8.85. The molecule has 2 aromatic carbocycles. The molecule has 2 amide bonds. The maximum atomic E-state index is 12.7. The van der Waals surface area contributed by atoms with Gasteiger partial charge in [-0.15, -0.1) is 0 Å². The third-order valence-electron chi connectivity index (χ3n) is 4.06. The van der Waals surface area contributed by atoms with Crippen molar-refractivity contribution in [3.63, 3.8) is 0 Å². The van der Waals surface area contributed by atoms with Gasteiger partial charge >= 0.3 is 0 Å². The first-order valence-corrected chi connectivity index (χ1v) is 9.85. The number of sulfonamides is 1. The molecule has 0 radical (unpaired) electrons. The first-order chi connectivity index (χ1) is 13.1. The van der Waals surface area contributed by atoms with E-state index in [2.05, 4.69) is 5.32 Å². The Balaban J connectivity index is 2.04. The number of carbonyl (C=O) groups excluding carboxylic acids is 2. The Labute approximate surface area is 164 Å². The molecule has 0 spiro atoms. The summed E-state index contributed by atoms with van der Waals surface area (Å²) >= 11 is 0. The number of anilines is 1. The van der Waals surface area contributed by atoms with Crippen LogP contribution >= 0.6 is 0 Å². The summed E-state index contributed by atoms with van der Waals surface area (Å²) in [6, 6.07) is 11.1. The van der Waals surface area contributed by atoms with Gasteiger partial charge < -0.3 is 15.8 Å². The number of amides is 2. The van der Waals surface area contributed by atoms with Gasteiger partial charge in [-0.2, -0.15) is 4.31 Å². The van der Waals surface area contributed by atoms with Crippen LogP contribution in [0.5, 0.6) is 5.75 Å². The van der Waals surface area contributed by atoms with Crippen molar-refractivity contribution in [2.45, 2.75) is 18.2 Å². The maximum absolute atomic E-state index is 12.7. The highest BCUT2D eigenvalue weighted by Gasteiger charge is 2.23. The zero-order chi connectivity index (χ0) is 20.9. The number of rotatable bonds is 8. The average molecular weight is 405 g/mol. The molecule has 150 valence electrons. The van der Waals surface area contributed by atoms with Gasteiger partial charge in [-0.3, -0.25) is 9.59 Å². The highest BCUT2D eigenvalue weighted by atomic mass is 32.2. The molecule has 3 N–H and O–H groups in total. The Morgan fingerprint density at radius 2 is 1.79 bits per heavy atom. The molecule has 0 aromatic heterocycles. The van der Waals surface area contributed by atoms with Crippen molar-refractivity contribution in [2.75, 3.05) is 26.0 Å². The van der Waals surface area contributed by atoms with Crippen molar-refractivity contribution in [1.82, 2.24) is 4.31 Å². The molecule has 9 heteroatoms. The molecule has 0 aliphatic heterocycles. The molecule has 0 heterocycles. The lowest BCUT2D eigenvalue weighted by atomic mass is 10.1. The first kappa shape index (κ1) is 21.4. The lowest BCUT2D eigenvalue weighted by molar-refractivity contribution is -0.117. The number of nitrogens with two attached hydrogens (primary N) is 1. The molecule has 28 heavy (non-hydrogen) atoms. The quantitative estimate of drug-likeness (QED) is 0.686. The van der Waals surface area contributed by atoms with Crippen molar-refractivity contribution in [1.29, 1.82) is 0 Å². The molecule has 0 aliphatic rings. The SMILES string of the molecule is COc1ccc(S(=O)(=O)N(C)CC(=O)Nc2ccc(CC(N)=O)cc2)cc1C. The molecule has 0 fully saturated rings. The van der Waals surface area contributed by atoms with Gasteiger partial charge in [0.25, 0.3) is 0 Å². The van der Waals surface area contributed by atoms with Crippen LogP contribution in [0.4, 0.5) is 5.69 Å². The number of hydrogen-bond acceptors (Lipinski definition) is 5. The molecule has 0 atom stereocenters. The molecular weight excluding hydrogens is 382 g/mol. The smallest absolute Gasteiger partial charge is 0.243 e. The molecule has 0 saturated carbocycles. The van der Waals surface area contributed by atoms with Crippen LogP contribution in [-0.4, -0.2) is 45.2 Å². The van der Waals surface area contributed by atoms with Gasteiger partial charge in [0.05, 0.1) is 25.0 Å². The van der Waals surface area contributed by atoms with E-state index in [0.717, 1.165) is 9.87 Å². The third kappa shape index (κ3) is 5.30. The Hall–Kier alpha value is -2.91. The Morgan fingerprint density at radius 1 is 1.14 bits per heavy atom. The van der Waals surface area contributed by atoms with Gasteiger partial charge in [-0.25, -0.2) is 8.42 Å². The first-order valence-electron chi connectivity index (χ1n) is 8.41. The van der Waals surface area contributed by atoms with Crippen molar-refractivity contribution in [2.24, 2.45) is 5.73 Å². The summed E-state index contributed by atoms with van der Waals surface area (Å²) in [7, 11) is -0.983. The summed E-state index contributed by atoms with van der Waals surface area (Å²) in [5, 5.41) is 2.63. The van der Waals surface area contributed by atoms with E-state index in [0.29, 0.717) is 17.0 Å². The Morgan fingerprint density at radius 3 is 2.32 bits per heavy atom. The van der Waals surface area contributed by atoms with Crippen molar-refractivity contribution < 1.29 is 22.7 Å². The van der Waals surface area contributed by atoms with E-state index in [-0.39, 0.29) is 17.9 Å². The second-order valence-corrected chi connectivity index (χ2v) is 8.33. The number of hydrogen-bond donors (Lipinski definition) is 2. The van der Waals surface area contributed by atoms with Gasteiger partial charge in [0.1, 0.15) is 5.75 Å². The predicted octanol–water partition coefficient (Wildman–Crippen LogP) is 1.29. The number of primary amides is 1. The fourth-order valence-electron chi connectivity index (χ4n) is 2.59. The van der Waals surface area contributed by atoms with Gasteiger partial charge in [-0.05, 0) is 48.4 Å².